The zero-order valence-corrected chi connectivity index (χ0v) is 20.3. The number of ether oxygens (including phenoxy) is 1. The Hall–Kier alpha value is -2.70. The number of fused-ring (bicyclic) bond motifs is 1. The molecule has 0 aromatic heterocycles. The number of carbonyl (C=O) groups excluding carboxylic acids is 1. The van der Waals surface area contributed by atoms with Crippen molar-refractivity contribution in [3.8, 4) is 5.75 Å². The highest BCUT2D eigenvalue weighted by Crippen LogP contribution is 2.48. The highest BCUT2D eigenvalue weighted by Gasteiger charge is 2.37. The molecule has 0 bridgehead atoms. The van der Waals surface area contributed by atoms with Crippen LogP contribution in [0.25, 0.3) is 0 Å². The van der Waals surface area contributed by atoms with E-state index in [-0.39, 0.29) is 17.2 Å². The Kier molecular flexibility index (Phi) is 8.16. The van der Waals surface area contributed by atoms with Crippen LogP contribution in [-0.2, 0) is 6.18 Å². The molecule has 2 fully saturated rings. The van der Waals surface area contributed by atoms with Gasteiger partial charge in [0.05, 0.1) is 11.1 Å². The lowest BCUT2D eigenvalue weighted by Gasteiger charge is -2.42. The topological polar surface area (TPSA) is 26.3 Å². The molecule has 0 saturated heterocycles. The van der Waals surface area contributed by atoms with Crippen molar-refractivity contribution in [1.29, 1.82) is 0 Å². The van der Waals surface area contributed by atoms with E-state index in [1.165, 1.54) is 31.7 Å². The van der Waals surface area contributed by atoms with Gasteiger partial charge in [-0.3, -0.25) is 0 Å². The van der Waals surface area contributed by atoms with Gasteiger partial charge in [0.15, 0.2) is 0 Å². The highest BCUT2D eigenvalue weighted by atomic mass is 19.4. The lowest BCUT2D eigenvalue weighted by molar-refractivity contribution is -0.140. The fourth-order valence-electron chi connectivity index (χ4n) is 5.97. The largest absolute Gasteiger partial charge is 0.423 e. The second-order valence-corrected chi connectivity index (χ2v) is 10.1. The molecular formula is C29H31F5O2. The van der Waals surface area contributed by atoms with E-state index in [1.807, 2.05) is 6.92 Å². The third-order valence-corrected chi connectivity index (χ3v) is 7.83. The number of allylic oxidation sites excluding steroid dienone is 2. The lowest BCUT2D eigenvalue weighted by atomic mass is 9.63. The van der Waals surface area contributed by atoms with Gasteiger partial charge in [-0.25, -0.2) is 13.6 Å². The van der Waals surface area contributed by atoms with Crippen LogP contribution in [0.4, 0.5) is 22.0 Å². The second kappa shape index (κ2) is 11.1. The molecule has 2 aromatic carbocycles. The van der Waals surface area contributed by atoms with E-state index in [2.05, 4.69) is 12.2 Å². The fraction of sp³-hybridized carbons (Fsp3) is 0.483. The van der Waals surface area contributed by atoms with Gasteiger partial charge >= 0.3 is 12.1 Å². The Morgan fingerprint density at radius 3 is 2.42 bits per heavy atom. The highest BCUT2D eigenvalue weighted by molar-refractivity contribution is 5.91. The smallest absolute Gasteiger partial charge is 0.419 e. The molecule has 2 nitrogen and oxygen atoms in total. The Morgan fingerprint density at radius 1 is 0.972 bits per heavy atom. The molecule has 2 aliphatic rings. The van der Waals surface area contributed by atoms with E-state index in [1.54, 1.807) is 6.07 Å². The number of hydrogen-bond acceptors (Lipinski definition) is 2. The minimum absolute atomic E-state index is 0.0770. The maximum absolute atomic E-state index is 15.0. The van der Waals surface area contributed by atoms with Crippen LogP contribution in [0.1, 0.15) is 85.7 Å². The van der Waals surface area contributed by atoms with E-state index in [0.717, 1.165) is 43.7 Å². The van der Waals surface area contributed by atoms with Crippen molar-refractivity contribution < 1.29 is 31.5 Å². The lowest BCUT2D eigenvalue weighted by Crippen LogP contribution is -2.30. The van der Waals surface area contributed by atoms with E-state index in [0.29, 0.717) is 29.5 Å². The van der Waals surface area contributed by atoms with Gasteiger partial charge in [0.2, 0.25) is 0 Å². The van der Waals surface area contributed by atoms with Crippen LogP contribution in [0.3, 0.4) is 0 Å². The van der Waals surface area contributed by atoms with Crippen LogP contribution in [-0.4, -0.2) is 5.97 Å². The van der Waals surface area contributed by atoms with Crippen LogP contribution in [0.15, 0.2) is 48.6 Å². The van der Waals surface area contributed by atoms with Crippen molar-refractivity contribution in [2.75, 3.05) is 0 Å². The molecule has 0 N–H and O–H groups in total. The summed E-state index contributed by atoms with van der Waals surface area (Å²) in [6.45, 7) is 2.05. The summed E-state index contributed by atoms with van der Waals surface area (Å²) in [6, 6.07) is 6.04. The summed E-state index contributed by atoms with van der Waals surface area (Å²) in [5, 5.41) is 0. The zero-order chi connectivity index (χ0) is 25.9. The summed E-state index contributed by atoms with van der Waals surface area (Å²) >= 11 is 0. The first kappa shape index (κ1) is 26.4. The molecule has 0 amide bonds. The van der Waals surface area contributed by atoms with Crippen molar-refractivity contribution in [1.82, 2.24) is 0 Å². The first-order valence-corrected chi connectivity index (χ1v) is 12.6. The minimum Gasteiger partial charge on any atom is -0.423 e. The average molecular weight is 507 g/mol. The summed E-state index contributed by atoms with van der Waals surface area (Å²) in [5.74, 6) is -1.20. The Balaban J connectivity index is 1.37. The number of halogens is 5. The number of rotatable bonds is 6. The first-order chi connectivity index (χ1) is 17.2. The minimum atomic E-state index is -4.85. The third-order valence-electron chi connectivity index (χ3n) is 7.83. The molecule has 7 heteroatoms. The predicted molar refractivity (Wildman–Crippen MR) is 128 cm³/mol. The summed E-state index contributed by atoms with van der Waals surface area (Å²) in [4.78, 5) is 12.4. The molecule has 0 spiro atoms. The molecular weight excluding hydrogens is 475 g/mol. The monoisotopic (exact) mass is 506 g/mol. The van der Waals surface area contributed by atoms with Gasteiger partial charge in [-0.1, -0.05) is 24.6 Å². The molecule has 0 radical (unpaired) electrons. The Bertz CT molecular complexity index is 1110. The van der Waals surface area contributed by atoms with Gasteiger partial charge in [0.25, 0.3) is 0 Å². The van der Waals surface area contributed by atoms with E-state index < -0.39 is 29.3 Å². The normalized spacial score (nSPS) is 24.5. The molecule has 2 saturated carbocycles. The van der Waals surface area contributed by atoms with Crippen LogP contribution in [0, 0.1) is 29.4 Å². The fourth-order valence-corrected chi connectivity index (χ4v) is 5.97. The van der Waals surface area contributed by atoms with Crippen molar-refractivity contribution in [2.45, 2.75) is 70.4 Å². The van der Waals surface area contributed by atoms with Crippen molar-refractivity contribution in [3.63, 3.8) is 0 Å². The molecule has 4 rings (SSSR count). The summed E-state index contributed by atoms with van der Waals surface area (Å²) < 4.78 is 71.9. The quantitative estimate of drug-likeness (QED) is 0.169. The summed E-state index contributed by atoms with van der Waals surface area (Å²) in [5.41, 5.74) is -0.942. The van der Waals surface area contributed by atoms with Gasteiger partial charge in [-0.2, -0.15) is 13.2 Å². The van der Waals surface area contributed by atoms with Crippen LogP contribution in [0.2, 0.25) is 0 Å². The van der Waals surface area contributed by atoms with E-state index in [9.17, 15) is 22.4 Å². The van der Waals surface area contributed by atoms with Gasteiger partial charge in [-0.05, 0) is 105 Å². The van der Waals surface area contributed by atoms with Crippen molar-refractivity contribution in [2.24, 2.45) is 17.8 Å². The maximum atomic E-state index is 15.0. The predicted octanol–water partition coefficient (Wildman–Crippen LogP) is 8.86. The number of alkyl halides is 3. The number of hydrogen-bond donors (Lipinski definition) is 0. The summed E-state index contributed by atoms with van der Waals surface area (Å²) in [7, 11) is 0. The van der Waals surface area contributed by atoms with Crippen molar-refractivity contribution >= 4 is 5.97 Å². The molecule has 36 heavy (non-hydrogen) atoms. The van der Waals surface area contributed by atoms with Gasteiger partial charge in [-0.15, -0.1) is 0 Å². The van der Waals surface area contributed by atoms with Crippen LogP contribution < -0.4 is 4.74 Å². The van der Waals surface area contributed by atoms with Crippen LogP contribution >= 0.6 is 0 Å². The second-order valence-electron chi connectivity index (χ2n) is 10.1. The zero-order valence-electron chi connectivity index (χ0n) is 20.3. The number of esters is 1. The Morgan fingerprint density at radius 2 is 1.72 bits per heavy atom. The van der Waals surface area contributed by atoms with Crippen LogP contribution in [0.5, 0.6) is 5.75 Å². The number of carbonyl (C=O) groups is 1. The standard InChI is InChI=1S/C29H31F5O2/c1-2-3-4-5-18-6-7-20-15-21(9-8-19(20)14-18)24-12-10-22(16-26(24)30)28(35)36-23-11-13-25(27(31)17-23)29(32,33)34/h2-3,10-13,16-21H,4-9,14-15H2,1H3/b3-2+. The van der Waals surface area contributed by atoms with Gasteiger partial charge in [0.1, 0.15) is 17.4 Å². The SMILES string of the molecule is C/C=C/CCC1CCC2CC(c3ccc(C(=O)Oc4ccc(C(F)(F)F)c(F)c4)cc3F)CCC2C1. The maximum Gasteiger partial charge on any atom is 0.419 e. The molecule has 194 valence electrons. The van der Waals surface area contributed by atoms with Gasteiger partial charge in [0, 0.05) is 6.07 Å². The van der Waals surface area contributed by atoms with E-state index in [4.69, 9.17) is 4.74 Å². The molecule has 0 aliphatic heterocycles. The average Bonchev–Trinajstić information content (AvgIpc) is 2.83. The molecule has 4 atom stereocenters. The number of benzene rings is 2. The van der Waals surface area contributed by atoms with E-state index >= 15 is 4.39 Å². The molecule has 2 aromatic rings. The van der Waals surface area contributed by atoms with Gasteiger partial charge < -0.3 is 4.74 Å². The molecule has 2 aliphatic carbocycles. The Labute approximate surface area is 208 Å². The molecule has 0 heterocycles. The first-order valence-electron chi connectivity index (χ1n) is 12.6. The molecule has 4 unspecified atom stereocenters. The van der Waals surface area contributed by atoms with Crippen molar-refractivity contribution in [3.05, 3.63) is 76.9 Å². The summed E-state index contributed by atoms with van der Waals surface area (Å²) in [6.07, 6.45) is 8.45. The third kappa shape index (κ3) is 6.16.